The lowest BCUT2D eigenvalue weighted by Gasteiger charge is -2.22. The van der Waals surface area contributed by atoms with Gasteiger partial charge in [0.2, 0.25) is 11.8 Å². The Hall–Kier alpha value is -1.59. The molecule has 2 N–H and O–H groups in total. The van der Waals surface area contributed by atoms with E-state index in [0.29, 0.717) is 0 Å². The van der Waals surface area contributed by atoms with E-state index in [1.165, 1.54) is 6.92 Å². The first-order valence-electron chi connectivity index (χ1n) is 6.37. The van der Waals surface area contributed by atoms with Gasteiger partial charge < -0.3 is 15.4 Å². The number of nitrogens with one attached hydrogen (secondary N) is 2. The Kier molecular flexibility index (Phi) is 6.52. The lowest BCUT2D eigenvalue weighted by atomic mass is 9.95. The van der Waals surface area contributed by atoms with Gasteiger partial charge in [-0.05, 0) is 20.8 Å². The van der Waals surface area contributed by atoms with Crippen LogP contribution >= 0.6 is 0 Å². The molecule has 0 heterocycles. The van der Waals surface area contributed by atoms with Gasteiger partial charge in [0.05, 0.1) is 6.61 Å². The number of amides is 2. The summed E-state index contributed by atoms with van der Waals surface area (Å²) in [6.07, 6.45) is 0. The van der Waals surface area contributed by atoms with Crippen molar-refractivity contribution in [2.45, 2.75) is 53.6 Å². The zero-order chi connectivity index (χ0) is 15.2. The molecule has 0 rings (SSSR count). The van der Waals surface area contributed by atoms with Crippen LogP contribution in [0, 0.1) is 5.41 Å². The summed E-state index contributed by atoms with van der Waals surface area (Å²) < 4.78 is 4.78. The van der Waals surface area contributed by atoms with Crippen LogP contribution in [0.4, 0.5) is 0 Å². The maximum Gasteiger partial charge on any atom is 0.328 e. The number of carbonyl (C=O) groups excluding carboxylic acids is 3. The van der Waals surface area contributed by atoms with Gasteiger partial charge in [-0.1, -0.05) is 20.8 Å². The van der Waals surface area contributed by atoms with E-state index in [-0.39, 0.29) is 12.5 Å². The Morgan fingerprint density at radius 1 is 1.05 bits per heavy atom. The average Bonchev–Trinajstić information content (AvgIpc) is 2.27. The summed E-state index contributed by atoms with van der Waals surface area (Å²) in [5, 5.41) is 5.09. The molecular formula is C13H24N2O4. The Labute approximate surface area is 114 Å². The third kappa shape index (κ3) is 6.22. The molecule has 0 fully saturated rings. The van der Waals surface area contributed by atoms with Gasteiger partial charge in [-0.3, -0.25) is 9.59 Å². The second-order valence-corrected chi connectivity index (χ2v) is 5.43. The zero-order valence-corrected chi connectivity index (χ0v) is 12.5. The SMILES string of the molecule is CCOC(=O)C(C)NC(=O)C(C)NC(=O)C(C)(C)C. The molecule has 0 saturated carbocycles. The highest BCUT2D eigenvalue weighted by Crippen LogP contribution is 2.12. The number of rotatable bonds is 5. The molecule has 0 aliphatic carbocycles. The monoisotopic (exact) mass is 272 g/mol. The molecule has 110 valence electrons. The topological polar surface area (TPSA) is 84.5 Å². The van der Waals surface area contributed by atoms with E-state index in [2.05, 4.69) is 10.6 Å². The van der Waals surface area contributed by atoms with Gasteiger partial charge in [-0.2, -0.15) is 0 Å². The highest BCUT2D eigenvalue weighted by Gasteiger charge is 2.26. The second kappa shape index (κ2) is 7.11. The van der Waals surface area contributed by atoms with E-state index < -0.39 is 29.4 Å². The van der Waals surface area contributed by atoms with Gasteiger partial charge in [-0.25, -0.2) is 4.79 Å². The predicted molar refractivity (Wildman–Crippen MR) is 71.3 cm³/mol. The maximum absolute atomic E-state index is 11.8. The van der Waals surface area contributed by atoms with Gasteiger partial charge >= 0.3 is 5.97 Å². The molecule has 0 aromatic heterocycles. The smallest absolute Gasteiger partial charge is 0.328 e. The fraction of sp³-hybridized carbons (Fsp3) is 0.769. The Morgan fingerprint density at radius 2 is 1.58 bits per heavy atom. The van der Waals surface area contributed by atoms with Crippen LogP contribution in [0.5, 0.6) is 0 Å². The molecule has 2 unspecified atom stereocenters. The van der Waals surface area contributed by atoms with Gasteiger partial charge in [0.15, 0.2) is 0 Å². The summed E-state index contributed by atoms with van der Waals surface area (Å²) in [5.74, 6) is -1.14. The first-order chi connectivity index (χ1) is 8.59. The fourth-order valence-corrected chi connectivity index (χ4v) is 1.14. The van der Waals surface area contributed by atoms with E-state index in [0.717, 1.165) is 0 Å². The first kappa shape index (κ1) is 17.4. The highest BCUT2D eigenvalue weighted by molar-refractivity contribution is 5.91. The molecule has 6 heteroatoms. The lowest BCUT2D eigenvalue weighted by Crippen LogP contribution is -2.51. The van der Waals surface area contributed by atoms with Crippen LogP contribution < -0.4 is 10.6 Å². The van der Waals surface area contributed by atoms with Crippen molar-refractivity contribution in [1.82, 2.24) is 10.6 Å². The number of hydrogen-bond acceptors (Lipinski definition) is 4. The molecule has 0 aliphatic heterocycles. The molecule has 2 atom stereocenters. The highest BCUT2D eigenvalue weighted by atomic mass is 16.5. The van der Waals surface area contributed by atoms with Crippen LogP contribution in [-0.4, -0.2) is 36.5 Å². The van der Waals surface area contributed by atoms with Crippen molar-refractivity contribution >= 4 is 17.8 Å². The van der Waals surface area contributed by atoms with Crippen LogP contribution in [0.15, 0.2) is 0 Å². The van der Waals surface area contributed by atoms with Crippen LogP contribution in [0.1, 0.15) is 41.5 Å². The minimum atomic E-state index is -0.735. The van der Waals surface area contributed by atoms with Crippen LogP contribution in [0.3, 0.4) is 0 Å². The molecule has 0 spiro atoms. The summed E-state index contributed by atoms with van der Waals surface area (Å²) in [7, 11) is 0. The van der Waals surface area contributed by atoms with Crippen molar-refractivity contribution in [2.75, 3.05) is 6.61 Å². The molecule has 0 radical (unpaired) electrons. The van der Waals surface area contributed by atoms with Crippen molar-refractivity contribution in [1.29, 1.82) is 0 Å². The van der Waals surface area contributed by atoms with Crippen molar-refractivity contribution in [2.24, 2.45) is 5.41 Å². The van der Waals surface area contributed by atoms with Gasteiger partial charge in [-0.15, -0.1) is 0 Å². The van der Waals surface area contributed by atoms with Crippen molar-refractivity contribution in [3.63, 3.8) is 0 Å². The fourth-order valence-electron chi connectivity index (χ4n) is 1.14. The standard InChI is InChI=1S/C13H24N2O4/c1-7-19-11(17)9(3)14-10(16)8(2)15-12(18)13(4,5)6/h8-9H,7H2,1-6H3,(H,14,16)(H,15,18). The number of carbonyl (C=O) groups is 3. The van der Waals surface area contributed by atoms with Gasteiger partial charge in [0, 0.05) is 5.41 Å². The predicted octanol–water partition coefficient (Wildman–Crippen LogP) is 0.605. The van der Waals surface area contributed by atoms with Crippen LogP contribution in [-0.2, 0) is 19.1 Å². The quantitative estimate of drug-likeness (QED) is 0.718. The molecule has 0 aromatic carbocycles. The van der Waals surface area contributed by atoms with E-state index in [4.69, 9.17) is 4.74 Å². The molecule has 6 nitrogen and oxygen atoms in total. The van der Waals surface area contributed by atoms with E-state index >= 15 is 0 Å². The van der Waals surface area contributed by atoms with Gasteiger partial charge in [0.25, 0.3) is 0 Å². The average molecular weight is 272 g/mol. The molecular weight excluding hydrogens is 248 g/mol. The summed E-state index contributed by atoms with van der Waals surface area (Å²) in [4.78, 5) is 34.9. The number of esters is 1. The zero-order valence-electron chi connectivity index (χ0n) is 12.5. The minimum absolute atomic E-state index is 0.223. The van der Waals surface area contributed by atoms with Crippen molar-refractivity contribution < 1.29 is 19.1 Å². The third-order valence-corrected chi connectivity index (χ3v) is 2.42. The Balaban J connectivity index is 4.36. The first-order valence-corrected chi connectivity index (χ1v) is 6.37. The largest absolute Gasteiger partial charge is 0.464 e. The molecule has 2 amide bonds. The summed E-state index contributed by atoms with van der Waals surface area (Å²) in [6.45, 7) is 10.3. The van der Waals surface area contributed by atoms with E-state index in [1.54, 1.807) is 34.6 Å². The molecule has 0 bridgehead atoms. The summed E-state index contributed by atoms with van der Waals surface area (Å²) in [6, 6.07) is -1.44. The number of hydrogen-bond donors (Lipinski definition) is 2. The van der Waals surface area contributed by atoms with Gasteiger partial charge in [0.1, 0.15) is 12.1 Å². The molecule has 19 heavy (non-hydrogen) atoms. The van der Waals surface area contributed by atoms with Crippen molar-refractivity contribution in [3.8, 4) is 0 Å². The normalized spacial score (nSPS) is 14.2. The van der Waals surface area contributed by atoms with Crippen LogP contribution in [0.25, 0.3) is 0 Å². The van der Waals surface area contributed by atoms with Crippen LogP contribution in [0.2, 0.25) is 0 Å². The summed E-state index contributed by atoms with van der Waals surface area (Å²) in [5.41, 5.74) is -0.568. The third-order valence-electron chi connectivity index (χ3n) is 2.42. The Bertz CT molecular complexity index is 347. The van der Waals surface area contributed by atoms with Crippen molar-refractivity contribution in [3.05, 3.63) is 0 Å². The second-order valence-electron chi connectivity index (χ2n) is 5.43. The Morgan fingerprint density at radius 3 is 2.00 bits per heavy atom. The molecule has 0 saturated heterocycles. The minimum Gasteiger partial charge on any atom is -0.464 e. The summed E-state index contributed by atoms with van der Waals surface area (Å²) >= 11 is 0. The number of ether oxygens (including phenoxy) is 1. The molecule has 0 aliphatic rings. The lowest BCUT2D eigenvalue weighted by molar-refractivity contribution is -0.147. The molecule has 0 aromatic rings. The van der Waals surface area contributed by atoms with E-state index in [9.17, 15) is 14.4 Å². The maximum atomic E-state index is 11.8. The van der Waals surface area contributed by atoms with E-state index in [1.807, 2.05) is 0 Å².